The molecule has 1 atom stereocenters. The summed E-state index contributed by atoms with van der Waals surface area (Å²) in [7, 11) is 1.57. The minimum atomic E-state index is 0. The van der Waals surface area contributed by atoms with Gasteiger partial charge in [-0.15, -0.1) is 31.4 Å². The highest BCUT2D eigenvalue weighted by Gasteiger charge is 2.24. The van der Waals surface area contributed by atoms with Crippen molar-refractivity contribution in [1.29, 1.82) is 0 Å². The number of benzene rings is 1. The summed E-state index contributed by atoms with van der Waals surface area (Å²) in [5.74, 6) is 0.650. The quantitative estimate of drug-likeness (QED) is 0.699. The van der Waals surface area contributed by atoms with Gasteiger partial charge >= 0.3 is 0 Å². The Morgan fingerprint density at radius 3 is 2.52 bits per heavy atom. The minimum Gasteiger partial charge on any atom is -0.503 e. The maximum atomic E-state index is 9.98. The molecule has 23 heavy (non-hydrogen) atoms. The van der Waals surface area contributed by atoms with E-state index in [-0.39, 0.29) is 36.6 Å². The molecule has 1 aromatic carbocycles. The molecule has 0 aliphatic carbocycles. The zero-order valence-electron chi connectivity index (χ0n) is 13.5. The number of nitrogens with zero attached hydrogens (tertiary/aromatic N) is 1. The van der Waals surface area contributed by atoms with Gasteiger partial charge in [-0.2, -0.15) is 0 Å². The normalized spacial score (nSPS) is 16.0. The van der Waals surface area contributed by atoms with Gasteiger partial charge in [-0.1, -0.05) is 5.57 Å². The molecule has 1 aliphatic rings. The monoisotopic (exact) mass is 426 g/mol. The molecule has 1 aliphatic heterocycles. The van der Waals surface area contributed by atoms with E-state index in [1.165, 1.54) is 0 Å². The zero-order chi connectivity index (χ0) is 15.4. The van der Waals surface area contributed by atoms with E-state index in [9.17, 15) is 5.11 Å². The maximum Gasteiger partial charge on any atom is 0.172 e. The van der Waals surface area contributed by atoms with Gasteiger partial charge in [0.1, 0.15) is 0 Å². The third kappa shape index (κ3) is 5.84. The van der Waals surface area contributed by atoms with Gasteiger partial charge in [0.15, 0.2) is 11.5 Å². The highest BCUT2D eigenvalue weighted by atomic mass is 79.9. The largest absolute Gasteiger partial charge is 0.503 e. The van der Waals surface area contributed by atoms with Crippen molar-refractivity contribution in [1.82, 2.24) is 10.2 Å². The molecule has 0 saturated carbocycles. The minimum absolute atomic E-state index is 0. The molecule has 1 saturated heterocycles. The number of ether oxygens (including phenoxy) is 1. The van der Waals surface area contributed by atoms with Crippen LogP contribution in [0, 0.1) is 0 Å². The molecule has 1 heterocycles. The summed E-state index contributed by atoms with van der Waals surface area (Å²) in [4.78, 5) is 2.46. The summed E-state index contributed by atoms with van der Waals surface area (Å²) in [6.45, 7) is 10.2. The van der Waals surface area contributed by atoms with Gasteiger partial charge in [0.25, 0.3) is 0 Å². The first-order chi connectivity index (χ1) is 10.0. The van der Waals surface area contributed by atoms with E-state index in [4.69, 9.17) is 4.74 Å². The molecule has 0 unspecified atom stereocenters. The topological polar surface area (TPSA) is 44.7 Å². The summed E-state index contributed by atoms with van der Waals surface area (Å²) in [6, 6.07) is 4.17. The van der Waals surface area contributed by atoms with E-state index in [1.54, 1.807) is 7.11 Å². The van der Waals surface area contributed by atoms with Crippen molar-refractivity contribution >= 4 is 40.7 Å². The van der Waals surface area contributed by atoms with Crippen LogP contribution in [0.4, 0.5) is 0 Å². The Labute approximate surface area is 159 Å². The van der Waals surface area contributed by atoms with Gasteiger partial charge in [0.2, 0.25) is 0 Å². The summed E-state index contributed by atoms with van der Waals surface area (Å²) in [5, 5.41) is 13.4. The number of aromatic hydroxyl groups is 1. The van der Waals surface area contributed by atoms with Crippen LogP contribution in [0.3, 0.4) is 0 Å². The molecular weight excluding hydrogens is 403 g/mol. The fourth-order valence-electron chi connectivity index (χ4n) is 2.72. The van der Waals surface area contributed by atoms with Gasteiger partial charge in [0, 0.05) is 32.2 Å². The van der Waals surface area contributed by atoms with Gasteiger partial charge in [-0.25, -0.2) is 0 Å². The number of phenolic OH excluding ortho intramolecular Hbond substituents is 1. The molecule has 0 bridgehead atoms. The third-order valence-corrected chi connectivity index (χ3v) is 4.39. The first-order valence-corrected chi connectivity index (χ1v) is 7.97. The molecule has 1 aromatic rings. The molecule has 132 valence electrons. The lowest BCUT2D eigenvalue weighted by molar-refractivity contribution is 0.172. The van der Waals surface area contributed by atoms with Crippen LogP contribution in [-0.4, -0.2) is 43.3 Å². The highest BCUT2D eigenvalue weighted by Crippen LogP contribution is 2.39. The number of phenols is 1. The Bertz CT molecular complexity index is 523. The average molecular weight is 428 g/mol. The fourth-order valence-corrected chi connectivity index (χ4v) is 3.18. The van der Waals surface area contributed by atoms with Gasteiger partial charge < -0.3 is 15.2 Å². The molecule has 0 amide bonds. The Hall–Kier alpha value is -0.460. The SMILES string of the molecule is C=C(C)C[C@@H](c1cc(Br)c(O)c(OC)c1)N1CCNCC1.Cl.Cl. The molecule has 1 fully saturated rings. The predicted molar refractivity (Wildman–Crippen MR) is 103 cm³/mol. The number of hydrogen-bond donors (Lipinski definition) is 2. The Balaban J connectivity index is 0.00000242. The summed E-state index contributed by atoms with van der Waals surface area (Å²) >= 11 is 3.41. The molecule has 4 nitrogen and oxygen atoms in total. The van der Waals surface area contributed by atoms with E-state index < -0.39 is 0 Å². The van der Waals surface area contributed by atoms with Crippen molar-refractivity contribution < 1.29 is 9.84 Å². The zero-order valence-corrected chi connectivity index (χ0v) is 16.7. The van der Waals surface area contributed by atoms with E-state index in [0.29, 0.717) is 10.2 Å². The molecule has 0 radical (unpaired) electrons. The molecular formula is C16H25BrCl2N2O2. The van der Waals surface area contributed by atoms with Crippen molar-refractivity contribution in [2.24, 2.45) is 0 Å². The fraction of sp³-hybridized carbons (Fsp3) is 0.500. The van der Waals surface area contributed by atoms with E-state index in [1.807, 2.05) is 12.1 Å². The lowest BCUT2D eigenvalue weighted by Gasteiger charge is -2.35. The number of hydrogen-bond acceptors (Lipinski definition) is 4. The van der Waals surface area contributed by atoms with E-state index >= 15 is 0 Å². The second kappa shape index (κ2) is 10.4. The van der Waals surface area contributed by atoms with Crippen LogP contribution >= 0.6 is 40.7 Å². The summed E-state index contributed by atoms with van der Waals surface area (Å²) in [6.07, 6.45) is 0.903. The van der Waals surface area contributed by atoms with Gasteiger partial charge in [-0.3, -0.25) is 4.90 Å². The smallest absolute Gasteiger partial charge is 0.172 e. The first-order valence-electron chi connectivity index (χ1n) is 7.18. The van der Waals surface area contributed by atoms with Gasteiger partial charge in [0.05, 0.1) is 11.6 Å². The Morgan fingerprint density at radius 1 is 1.39 bits per heavy atom. The summed E-state index contributed by atoms with van der Waals surface area (Å²) in [5.41, 5.74) is 2.29. The number of rotatable bonds is 5. The lowest BCUT2D eigenvalue weighted by Crippen LogP contribution is -2.45. The predicted octanol–water partition coefficient (Wildman–Crippen LogP) is 3.92. The van der Waals surface area contributed by atoms with E-state index in [0.717, 1.165) is 43.7 Å². The van der Waals surface area contributed by atoms with Crippen LogP contribution in [0.15, 0.2) is 28.8 Å². The van der Waals surface area contributed by atoms with Gasteiger partial charge in [-0.05, 0) is 47.0 Å². The number of nitrogens with one attached hydrogen (secondary N) is 1. The Morgan fingerprint density at radius 2 is 2.00 bits per heavy atom. The first kappa shape index (κ1) is 22.5. The van der Waals surface area contributed by atoms with Crippen LogP contribution in [-0.2, 0) is 0 Å². The summed E-state index contributed by atoms with van der Waals surface area (Å²) < 4.78 is 5.94. The molecule has 0 aromatic heterocycles. The molecule has 2 rings (SSSR count). The second-order valence-corrected chi connectivity index (χ2v) is 6.37. The van der Waals surface area contributed by atoms with Crippen LogP contribution in [0.1, 0.15) is 24.9 Å². The molecule has 0 spiro atoms. The van der Waals surface area contributed by atoms with Crippen LogP contribution in [0.25, 0.3) is 0 Å². The Kier molecular flexibility index (Phi) is 10.2. The standard InChI is InChI=1S/C16H23BrN2O2.2ClH/c1-11(2)8-14(19-6-4-18-5-7-19)12-9-13(17)16(20)15(10-12)21-3;;/h9-10,14,18,20H,1,4-8H2,2-3H3;2*1H/t14-;;/m0../s1. The third-order valence-electron chi connectivity index (χ3n) is 3.79. The van der Waals surface area contributed by atoms with Crippen molar-refractivity contribution in [3.8, 4) is 11.5 Å². The van der Waals surface area contributed by atoms with Crippen LogP contribution in [0.5, 0.6) is 11.5 Å². The van der Waals surface area contributed by atoms with Crippen molar-refractivity contribution in [3.05, 3.63) is 34.3 Å². The molecule has 2 N–H and O–H groups in total. The molecule has 7 heteroatoms. The number of piperazine rings is 1. The number of halogens is 3. The van der Waals surface area contributed by atoms with Crippen molar-refractivity contribution in [2.75, 3.05) is 33.3 Å². The lowest BCUT2D eigenvalue weighted by atomic mass is 9.97. The number of methoxy groups -OCH3 is 1. The van der Waals surface area contributed by atoms with Crippen molar-refractivity contribution in [2.45, 2.75) is 19.4 Å². The average Bonchev–Trinajstić information content (AvgIpc) is 2.48. The second-order valence-electron chi connectivity index (χ2n) is 5.52. The van der Waals surface area contributed by atoms with E-state index in [2.05, 4.69) is 39.6 Å². The van der Waals surface area contributed by atoms with Crippen molar-refractivity contribution in [3.63, 3.8) is 0 Å². The van der Waals surface area contributed by atoms with Crippen LogP contribution < -0.4 is 10.1 Å². The highest BCUT2D eigenvalue weighted by molar-refractivity contribution is 9.10. The maximum absolute atomic E-state index is 9.98. The van der Waals surface area contributed by atoms with Crippen LogP contribution in [0.2, 0.25) is 0 Å².